The first kappa shape index (κ1) is 25.2. The van der Waals surface area contributed by atoms with Gasteiger partial charge in [0.15, 0.2) is 5.96 Å². The third-order valence-electron chi connectivity index (χ3n) is 5.45. The highest BCUT2D eigenvalue weighted by atomic mass is 127. The molecule has 0 saturated carbocycles. The summed E-state index contributed by atoms with van der Waals surface area (Å²) in [5, 5.41) is 6.89. The lowest BCUT2D eigenvalue weighted by molar-refractivity contribution is 0.239. The molecule has 1 saturated heterocycles. The van der Waals surface area contributed by atoms with Crippen LogP contribution in [-0.2, 0) is 6.54 Å². The second kappa shape index (κ2) is 12.7. The molecule has 1 fully saturated rings. The quantitative estimate of drug-likeness (QED) is 0.306. The van der Waals surface area contributed by atoms with Crippen molar-refractivity contribution in [2.45, 2.75) is 25.4 Å². The summed E-state index contributed by atoms with van der Waals surface area (Å²) in [6.07, 6.45) is 2.49. The van der Waals surface area contributed by atoms with E-state index in [1.54, 1.807) is 14.2 Å². The van der Waals surface area contributed by atoms with Crippen LogP contribution in [0.1, 0.15) is 30.1 Å². The molecule has 31 heavy (non-hydrogen) atoms. The second-order valence-corrected chi connectivity index (χ2v) is 7.69. The van der Waals surface area contributed by atoms with Crippen molar-refractivity contribution >= 4 is 35.8 Å². The van der Waals surface area contributed by atoms with Crippen molar-refractivity contribution in [3.8, 4) is 5.75 Å². The summed E-state index contributed by atoms with van der Waals surface area (Å²) >= 11 is 0. The number of guanidine groups is 1. The number of nitrogens with one attached hydrogen (secondary N) is 2. The molecule has 1 atom stereocenters. The summed E-state index contributed by atoms with van der Waals surface area (Å²) in [6.45, 7) is 3.59. The fourth-order valence-corrected chi connectivity index (χ4v) is 3.83. The van der Waals surface area contributed by atoms with Gasteiger partial charge in [0.2, 0.25) is 0 Å². The molecule has 0 spiro atoms. The maximum absolute atomic E-state index is 5.64. The van der Waals surface area contributed by atoms with Crippen LogP contribution in [0.2, 0.25) is 0 Å². The lowest BCUT2D eigenvalue weighted by atomic mass is 10.0. The molecule has 2 heterocycles. The maximum Gasteiger partial charge on any atom is 0.191 e. The average Bonchev–Trinajstić information content (AvgIpc) is 3.31. The third-order valence-corrected chi connectivity index (χ3v) is 5.45. The summed E-state index contributed by atoms with van der Waals surface area (Å²) in [5.41, 5.74) is 2.19. The molecule has 0 amide bonds. The highest BCUT2D eigenvalue weighted by molar-refractivity contribution is 14.0. The van der Waals surface area contributed by atoms with E-state index in [1.165, 1.54) is 18.4 Å². The minimum absolute atomic E-state index is 0. The molecule has 1 aliphatic heterocycles. The van der Waals surface area contributed by atoms with Gasteiger partial charge in [-0.2, -0.15) is 0 Å². The van der Waals surface area contributed by atoms with Gasteiger partial charge in [-0.15, -0.1) is 24.0 Å². The van der Waals surface area contributed by atoms with Crippen LogP contribution < -0.4 is 20.3 Å². The summed E-state index contributed by atoms with van der Waals surface area (Å²) < 4.78 is 5.64. The topological polar surface area (TPSA) is 65.0 Å². The van der Waals surface area contributed by atoms with E-state index in [4.69, 9.17) is 4.74 Å². The van der Waals surface area contributed by atoms with E-state index in [-0.39, 0.29) is 30.0 Å². The van der Waals surface area contributed by atoms with Gasteiger partial charge in [0.05, 0.1) is 25.4 Å². The van der Waals surface area contributed by atoms with Crippen LogP contribution in [0.25, 0.3) is 0 Å². The number of methoxy groups -OCH3 is 1. The fraction of sp³-hybridized carbons (Fsp3) is 0.478. The highest BCUT2D eigenvalue weighted by Gasteiger charge is 2.26. The normalized spacial score (nSPS) is 15.2. The molecule has 1 unspecified atom stereocenters. The Hall–Kier alpha value is -2.07. The lowest BCUT2D eigenvalue weighted by Crippen LogP contribution is -2.42. The van der Waals surface area contributed by atoms with Crippen LogP contribution in [0.5, 0.6) is 5.75 Å². The molecule has 1 aliphatic rings. The Labute approximate surface area is 203 Å². The van der Waals surface area contributed by atoms with E-state index in [2.05, 4.69) is 37.6 Å². The van der Waals surface area contributed by atoms with Gasteiger partial charge in [-0.25, -0.2) is 4.98 Å². The van der Waals surface area contributed by atoms with Crippen molar-refractivity contribution in [3.05, 3.63) is 53.7 Å². The van der Waals surface area contributed by atoms with Crippen molar-refractivity contribution in [2.24, 2.45) is 4.99 Å². The van der Waals surface area contributed by atoms with Crippen molar-refractivity contribution < 1.29 is 4.74 Å². The summed E-state index contributed by atoms with van der Waals surface area (Å²) in [5.74, 6) is 2.65. The van der Waals surface area contributed by atoms with E-state index in [1.807, 2.05) is 49.3 Å². The minimum Gasteiger partial charge on any atom is -0.496 e. The molecular formula is C23H35IN6O. The Morgan fingerprint density at radius 2 is 1.87 bits per heavy atom. The van der Waals surface area contributed by atoms with E-state index >= 15 is 0 Å². The first-order valence-electron chi connectivity index (χ1n) is 10.6. The van der Waals surface area contributed by atoms with Crippen LogP contribution in [0, 0.1) is 0 Å². The standard InChI is InChI=1S/C23H34N6O.HI/c1-24-23(25-16-18-10-9-13-22(27-18)28(2)3)26-17-20(29-14-7-8-15-29)19-11-5-6-12-21(19)30-4;/h5-6,9-13,20H,7-8,14-17H2,1-4H3,(H2,24,25,26);1H. The predicted octanol–water partition coefficient (Wildman–Crippen LogP) is 3.28. The van der Waals surface area contributed by atoms with Crippen LogP contribution >= 0.6 is 24.0 Å². The molecule has 170 valence electrons. The smallest absolute Gasteiger partial charge is 0.191 e. The number of aliphatic imine (C=N–C) groups is 1. The van der Waals surface area contributed by atoms with Crippen molar-refractivity contribution in [1.29, 1.82) is 0 Å². The average molecular weight is 538 g/mol. The zero-order chi connectivity index (χ0) is 21.3. The van der Waals surface area contributed by atoms with Gasteiger partial charge in [-0.05, 0) is 44.1 Å². The number of likely N-dealkylation sites (tertiary alicyclic amines) is 1. The first-order valence-corrected chi connectivity index (χ1v) is 10.6. The third kappa shape index (κ3) is 6.96. The van der Waals surface area contributed by atoms with Gasteiger partial charge in [0, 0.05) is 33.3 Å². The number of hydrogen-bond acceptors (Lipinski definition) is 5. The van der Waals surface area contributed by atoms with Gasteiger partial charge in [-0.3, -0.25) is 9.89 Å². The van der Waals surface area contributed by atoms with Gasteiger partial charge in [0.25, 0.3) is 0 Å². The molecule has 3 rings (SSSR count). The number of benzene rings is 1. The molecule has 0 bridgehead atoms. The van der Waals surface area contributed by atoms with Gasteiger partial charge in [0.1, 0.15) is 11.6 Å². The maximum atomic E-state index is 5.64. The van der Waals surface area contributed by atoms with Crippen LogP contribution in [0.3, 0.4) is 0 Å². The molecule has 8 heteroatoms. The van der Waals surface area contributed by atoms with E-state index in [0.29, 0.717) is 6.54 Å². The number of para-hydroxylation sites is 1. The number of anilines is 1. The monoisotopic (exact) mass is 538 g/mol. The Bertz CT molecular complexity index is 838. The highest BCUT2D eigenvalue weighted by Crippen LogP contribution is 2.31. The van der Waals surface area contributed by atoms with Gasteiger partial charge >= 0.3 is 0 Å². The predicted molar refractivity (Wildman–Crippen MR) is 139 cm³/mol. The Morgan fingerprint density at radius 3 is 2.55 bits per heavy atom. The summed E-state index contributed by atoms with van der Waals surface area (Å²) in [4.78, 5) is 13.6. The van der Waals surface area contributed by atoms with Gasteiger partial charge < -0.3 is 20.3 Å². The molecular weight excluding hydrogens is 503 g/mol. The minimum atomic E-state index is 0. The zero-order valence-electron chi connectivity index (χ0n) is 19.0. The SMILES string of the molecule is CN=C(NCc1cccc(N(C)C)n1)NCC(c1ccccc1OC)N1CCCC1.I. The molecule has 2 aromatic rings. The number of pyridine rings is 1. The lowest BCUT2D eigenvalue weighted by Gasteiger charge is -2.30. The second-order valence-electron chi connectivity index (χ2n) is 7.69. The summed E-state index contributed by atoms with van der Waals surface area (Å²) in [7, 11) is 7.53. The molecule has 1 aromatic carbocycles. The van der Waals surface area contributed by atoms with E-state index in [0.717, 1.165) is 42.9 Å². The van der Waals surface area contributed by atoms with Crippen molar-refractivity contribution in [2.75, 3.05) is 52.8 Å². The van der Waals surface area contributed by atoms with Crippen molar-refractivity contribution in [1.82, 2.24) is 20.5 Å². The summed E-state index contributed by atoms with van der Waals surface area (Å²) in [6, 6.07) is 14.6. The molecule has 2 N–H and O–H groups in total. The largest absolute Gasteiger partial charge is 0.496 e. The molecule has 0 radical (unpaired) electrons. The molecule has 7 nitrogen and oxygen atoms in total. The number of ether oxygens (including phenoxy) is 1. The number of rotatable bonds is 8. The number of aromatic nitrogens is 1. The number of halogens is 1. The van der Waals surface area contributed by atoms with E-state index < -0.39 is 0 Å². The fourth-order valence-electron chi connectivity index (χ4n) is 3.83. The Morgan fingerprint density at radius 1 is 1.13 bits per heavy atom. The zero-order valence-corrected chi connectivity index (χ0v) is 21.3. The Kier molecular flexibility index (Phi) is 10.3. The Balaban J connectivity index is 0.00000341. The first-order chi connectivity index (χ1) is 14.6. The number of nitrogens with zero attached hydrogens (tertiary/aromatic N) is 4. The van der Waals surface area contributed by atoms with Crippen LogP contribution in [0.4, 0.5) is 5.82 Å². The van der Waals surface area contributed by atoms with Crippen LogP contribution in [-0.4, -0.2) is 63.7 Å². The molecule has 1 aromatic heterocycles. The number of hydrogen-bond donors (Lipinski definition) is 2. The van der Waals surface area contributed by atoms with E-state index in [9.17, 15) is 0 Å². The van der Waals surface area contributed by atoms with Crippen LogP contribution in [0.15, 0.2) is 47.5 Å². The van der Waals surface area contributed by atoms with Crippen molar-refractivity contribution in [3.63, 3.8) is 0 Å². The molecule has 0 aliphatic carbocycles. The van der Waals surface area contributed by atoms with Gasteiger partial charge in [-0.1, -0.05) is 24.3 Å².